The highest BCUT2D eigenvalue weighted by atomic mass is 35.5. The molecule has 128 valence electrons. The second-order valence-electron chi connectivity index (χ2n) is 5.17. The number of nitrogens with zero attached hydrogens (tertiary/aromatic N) is 1. The zero-order chi connectivity index (χ0) is 17.5. The van der Waals surface area contributed by atoms with Crippen LogP contribution in [-0.2, 0) is 16.1 Å². The largest absolute Gasteiger partial charge is 0.462 e. The van der Waals surface area contributed by atoms with E-state index in [2.05, 4.69) is 4.98 Å². The maximum Gasteiger partial charge on any atom is 0.340 e. The van der Waals surface area contributed by atoms with Crippen LogP contribution in [-0.4, -0.2) is 30.7 Å². The van der Waals surface area contributed by atoms with Gasteiger partial charge in [0.25, 0.3) is 0 Å². The lowest BCUT2D eigenvalue weighted by Gasteiger charge is -2.15. The third kappa shape index (κ3) is 4.32. The summed E-state index contributed by atoms with van der Waals surface area (Å²) in [6, 6.07) is 9.20. The number of hydrogen-bond acceptors (Lipinski definition) is 5. The number of carbonyl (C=O) groups is 1. The topological polar surface area (TPSA) is 74.4 Å². The first-order valence-corrected chi connectivity index (χ1v) is 8.16. The number of halogens is 1. The summed E-state index contributed by atoms with van der Waals surface area (Å²) in [4.78, 5) is 17.0. The average molecular weight is 349 g/mol. The summed E-state index contributed by atoms with van der Waals surface area (Å²) in [6.45, 7) is 4.88. The molecule has 0 aliphatic carbocycles. The van der Waals surface area contributed by atoms with Crippen molar-refractivity contribution >= 4 is 17.6 Å². The number of aryl methyl sites for hydroxylation is 1. The Morgan fingerprint density at radius 1 is 1.29 bits per heavy atom. The molecule has 2 N–H and O–H groups in total. The molecular weight excluding hydrogens is 328 g/mol. The molecule has 0 saturated heterocycles. The van der Waals surface area contributed by atoms with E-state index in [4.69, 9.17) is 26.8 Å². The van der Waals surface area contributed by atoms with Crippen LogP contribution in [0.1, 0.15) is 28.7 Å². The van der Waals surface area contributed by atoms with Crippen LogP contribution in [0.5, 0.6) is 0 Å². The van der Waals surface area contributed by atoms with E-state index in [9.17, 15) is 4.79 Å². The van der Waals surface area contributed by atoms with Gasteiger partial charge in [0.1, 0.15) is 0 Å². The van der Waals surface area contributed by atoms with Gasteiger partial charge in [0.2, 0.25) is 0 Å². The van der Waals surface area contributed by atoms with Crippen LogP contribution in [0.2, 0.25) is 5.02 Å². The standard InChI is InChI=1S/C18H21ClN2O3/c1-3-24-18(22)17-14(13-6-4-5-7-15(13)19)10-12(2)21-16(17)11-23-9-8-20/h4-7,10H,3,8-9,11,20H2,1-2H3. The van der Waals surface area contributed by atoms with Crippen molar-refractivity contribution in [1.82, 2.24) is 4.98 Å². The molecule has 1 aromatic carbocycles. The van der Waals surface area contributed by atoms with E-state index in [0.717, 1.165) is 11.3 Å². The van der Waals surface area contributed by atoms with E-state index in [-0.39, 0.29) is 13.2 Å². The summed E-state index contributed by atoms with van der Waals surface area (Å²) >= 11 is 6.32. The van der Waals surface area contributed by atoms with Crippen molar-refractivity contribution in [2.45, 2.75) is 20.5 Å². The molecule has 0 amide bonds. The molecule has 0 fully saturated rings. The average Bonchev–Trinajstić information content (AvgIpc) is 2.55. The molecule has 1 heterocycles. The molecule has 0 spiro atoms. The Morgan fingerprint density at radius 2 is 2.04 bits per heavy atom. The monoisotopic (exact) mass is 348 g/mol. The summed E-state index contributed by atoms with van der Waals surface area (Å²) in [5, 5.41) is 0.558. The van der Waals surface area contributed by atoms with E-state index < -0.39 is 5.97 Å². The fourth-order valence-electron chi connectivity index (χ4n) is 2.42. The van der Waals surface area contributed by atoms with Crippen molar-refractivity contribution in [1.29, 1.82) is 0 Å². The zero-order valence-electron chi connectivity index (χ0n) is 13.8. The first kappa shape index (κ1) is 18.4. The number of rotatable bonds is 7. The highest BCUT2D eigenvalue weighted by molar-refractivity contribution is 6.33. The number of esters is 1. The minimum atomic E-state index is -0.439. The number of benzene rings is 1. The smallest absolute Gasteiger partial charge is 0.340 e. The Labute approximate surface area is 146 Å². The van der Waals surface area contributed by atoms with Crippen LogP contribution in [0.4, 0.5) is 0 Å². The number of carbonyl (C=O) groups excluding carboxylic acids is 1. The van der Waals surface area contributed by atoms with Gasteiger partial charge in [0.15, 0.2) is 0 Å². The second kappa shape index (κ2) is 8.78. The van der Waals surface area contributed by atoms with Gasteiger partial charge in [-0.1, -0.05) is 29.8 Å². The third-order valence-corrected chi connectivity index (χ3v) is 3.70. The zero-order valence-corrected chi connectivity index (χ0v) is 14.6. The second-order valence-corrected chi connectivity index (χ2v) is 5.58. The summed E-state index contributed by atoms with van der Waals surface area (Å²) in [7, 11) is 0. The summed E-state index contributed by atoms with van der Waals surface area (Å²) in [5.41, 5.74) is 8.58. The first-order chi connectivity index (χ1) is 11.6. The van der Waals surface area contributed by atoms with Crippen LogP contribution in [0.15, 0.2) is 30.3 Å². The van der Waals surface area contributed by atoms with Crippen LogP contribution < -0.4 is 5.73 Å². The highest BCUT2D eigenvalue weighted by Crippen LogP contribution is 2.32. The first-order valence-electron chi connectivity index (χ1n) is 7.78. The number of ether oxygens (including phenoxy) is 2. The predicted molar refractivity (Wildman–Crippen MR) is 94.1 cm³/mol. The molecule has 0 unspecified atom stereocenters. The lowest BCUT2D eigenvalue weighted by molar-refractivity contribution is 0.0518. The fraction of sp³-hybridized carbons (Fsp3) is 0.333. The summed E-state index contributed by atoms with van der Waals surface area (Å²) in [5.74, 6) is -0.439. The molecule has 5 nitrogen and oxygen atoms in total. The normalized spacial score (nSPS) is 10.7. The Bertz CT molecular complexity index is 719. The Balaban J connectivity index is 2.59. The third-order valence-electron chi connectivity index (χ3n) is 3.37. The molecule has 0 bridgehead atoms. The van der Waals surface area contributed by atoms with Crippen LogP contribution in [0, 0.1) is 6.92 Å². The van der Waals surface area contributed by atoms with E-state index in [1.54, 1.807) is 13.0 Å². The van der Waals surface area contributed by atoms with Crippen molar-refractivity contribution in [3.8, 4) is 11.1 Å². The van der Waals surface area contributed by atoms with Gasteiger partial charge in [-0.05, 0) is 26.0 Å². The Kier molecular flexibility index (Phi) is 6.73. The minimum absolute atomic E-state index is 0.185. The van der Waals surface area contributed by atoms with Gasteiger partial charge in [-0.3, -0.25) is 4.98 Å². The van der Waals surface area contributed by atoms with Gasteiger partial charge in [-0.2, -0.15) is 0 Å². The van der Waals surface area contributed by atoms with Gasteiger partial charge in [0.05, 0.1) is 31.1 Å². The Morgan fingerprint density at radius 3 is 2.71 bits per heavy atom. The Hall–Kier alpha value is -1.95. The van der Waals surface area contributed by atoms with Crippen LogP contribution in [0.3, 0.4) is 0 Å². The van der Waals surface area contributed by atoms with Crippen molar-refractivity contribution < 1.29 is 14.3 Å². The van der Waals surface area contributed by atoms with Gasteiger partial charge in [-0.15, -0.1) is 0 Å². The van der Waals surface area contributed by atoms with Crippen molar-refractivity contribution in [3.05, 3.63) is 52.3 Å². The lowest BCUT2D eigenvalue weighted by atomic mass is 9.98. The van der Waals surface area contributed by atoms with E-state index in [1.807, 2.05) is 31.2 Å². The molecule has 0 radical (unpaired) electrons. The van der Waals surface area contributed by atoms with Crippen molar-refractivity contribution in [3.63, 3.8) is 0 Å². The quantitative estimate of drug-likeness (QED) is 0.613. The fourth-order valence-corrected chi connectivity index (χ4v) is 2.65. The number of pyridine rings is 1. The predicted octanol–water partition coefficient (Wildman–Crippen LogP) is 3.36. The number of hydrogen-bond donors (Lipinski definition) is 1. The maximum atomic E-state index is 12.5. The molecule has 24 heavy (non-hydrogen) atoms. The van der Waals surface area contributed by atoms with Gasteiger partial charge < -0.3 is 15.2 Å². The molecule has 0 aliphatic rings. The molecule has 2 aromatic rings. The van der Waals surface area contributed by atoms with Gasteiger partial charge >= 0.3 is 5.97 Å². The highest BCUT2D eigenvalue weighted by Gasteiger charge is 2.22. The van der Waals surface area contributed by atoms with E-state index in [1.165, 1.54) is 0 Å². The SMILES string of the molecule is CCOC(=O)c1c(-c2ccccc2Cl)cc(C)nc1COCCN. The summed E-state index contributed by atoms with van der Waals surface area (Å²) < 4.78 is 10.7. The summed E-state index contributed by atoms with van der Waals surface area (Å²) in [6.07, 6.45) is 0. The van der Waals surface area contributed by atoms with Crippen LogP contribution >= 0.6 is 11.6 Å². The molecule has 0 saturated carbocycles. The molecule has 0 atom stereocenters. The maximum absolute atomic E-state index is 12.5. The molecule has 0 aliphatic heterocycles. The molecular formula is C18H21ClN2O3. The van der Waals surface area contributed by atoms with Crippen molar-refractivity contribution in [2.75, 3.05) is 19.8 Å². The lowest BCUT2D eigenvalue weighted by Crippen LogP contribution is -2.15. The van der Waals surface area contributed by atoms with Crippen LogP contribution in [0.25, 0.3) is 11.1 Å². The number of aromatic nitrogens is 1. The molecule has 6 heteroatoms. The van der Waals surface area contributed by atoms with Gasteiger partial charge in [-0.25, -0.2) is 4.79 Å². The minimum Gasteiger partial charge on any atom is -0.462 e. The van der Waals surface area contributed by atoms with Gasteiger partial charge in [0, 0.05) is 28.4 Å². The molecule has 1 aromatic heterocycles. The van der Waals surface area contributed by atoms with Crippen molar-refractivity contribution in [2.24, 2.45) is 5.73 Å². The number of nitrogens with two attached hydrogens (primary N) is 1. The molecule has 2 rings (SSSR count). The van der Waals surface area contributed by atoms with E-state index >= 15 is 0 Å². The van der Waals surface area contributed by atoms with E-state index in [0.29, 0.717) is 35.0 Å².